The van der Waals surface area contributed by atoms with Gasteiger partial charge < -0.3 is 9.84 Å². The van der Waals surface area contributed by atoms with Gasteiger partial charge in [0.15, 0.2) is 12.4 Å². The van der Waals surface area contributed by atoms with E-state index in [1.807, 2.05) is 0 Å². The lowest BCUT2D eigenvalue weighted by Gasteiger charge is -2.09. The molecule has 0 spiro atoms. The van der Waals surface area contributed by atoms with Crippen molar-refractivity contribution in [3.8, 4) is 5.75 Å². The summed E-state index contributed by atoms with van der Waals surface area (Å²) in [5.41, 5.74) is -1.25. The molecule has 0 bridgehead atoms. The molecule has 0 aliphatic carbocycles. The van der Waals surface area contributed by atoms with E-state index < -0.39 is 40.7 Å². The summed E-state index contributed by atoms with van der Waals surface area (Å²) >= 11 is 0. The number of rotatable bonds is 4. The number of aromatic carboxylic acids is 1. The lowest BCUT2D eigenvalue weighted by Crippen LogP contribution is -2.19. The maximum absolute atomic E-state index is 11.9. The summed E-state index contributed by atoms with van der Waals surface area (Å²) in [5, 5.41) is 19.2. The lowest BCUT2D eigenvalue weighted by molar-refractivity contribution is -0.386. The molecule has 0 aromatic heterocycles. The minimum atomic E-state index is -4.64. The van der Waals surface area contributed by atoms with Gasteiger partial charge in [0.1, 0.15) is 0 Å². The van der Waals surface area contributed by atoms with Gasteiger partial charge in [0.05, 0.1) is 10.5 Å². The van der Waals surface area contributed by atoms with Crippen molar-refractivity contribution >= 4 is 11.7 Å². The second-order valence-corrected chi connectivity index (χ2v) is 3.15. The highest BCUT2D eigenvalue weighted by Gasteiger charge is 2.30. The number of hydrogen-bond acceptors (Lipinski definition) is 4. The molecule has 0 heterocycles. The largest absolute Gasteiger partial charge is 0.478 e. The van der Waals surface area contributed by atoms with Crippen LogP contribution in [0, 0.1) is 10.1 Å². The molecule has 0 aliphatic rings. The van der Waals surface area contributed by atoms with Crippen LogP contribution in [0.1, 0.15) is 10.4 Å². The SMILES string of the molecule is O=C(O)c1ccc(OCC(F)(F)F)c([N+](=O)[O-])c1. The van der Waals surface area contributed by atoms with E-state index >= 15 is 0 Å². The van der Waals surface area contributed by atoms with Crippen LogP contribution in [0.2, 0.25) is 0 Å². The number of alkyl halides is 3. The van der Waals surface area contributed by atoms with Crippen LogP contribution in [-0.2, 0) is 0 Å². The number of carbonyl (C=O) groups is 1. The number of ether oxygens (including phenoxy) is 1. The van der Waals surface area contributed by atoms with Gasteiger partial charge in [0, 0.05) is 6.07 Å². The Kier molecular flexibility index (Phi) is 3.74. The molecule has 0 fully saturated rings. The topological polar surface area (TPSA) is 89.7 Å². The Morgan fingerprint density at radius 3 is 2.50 bits per heavy atom. The molecule has 0 atom stereocenters. The fourth-order valence-electron chi connectivity index (χ4n) is 1.07. The molecule has 0 saturated carbocycles. The van der Waals surface area contributed by atoms with Crippen molar-refractivity contribution in [1.29, 1.82) is 0 Å². The van der Waals surface area contributed by atoms with Crippen LogP contribution in [0.25, 0.3) is 0 Å². The predicted octanol–water partition coefficient (Wildman–Crippen LogP) is 2.23. The molecule has 1 N–H and O–H groups in total. The predicted molar refractivity (Wildman–Crippen MR) is 51.6 cm³/mol. The fraction of sp³-hybridized carbons (Fsp3) is 0.222. The van der Waals surface area contributed by atoms with Crippen molar-refractivity contribution in [3.63, 3.8) is 0 Å². The van der Waals surface area contributed by atoms with E-state index in [1.165, 1.54) is 0 Å². The number of nitro benzene ring substituents is 1. The number of halogens is 3. The second kappa shape index (κ2) is 4.90. The monoisotopic (exact) mass is 265 g/mol. The normalized spacial score (nSPS) is 11.1. The average molecular weight is 265 g/mol. The van der Waals surface area contributed by atoms with Crippen molar-refractivity contribution in [2.75, 3.05) is 6.61 Å². The number of nitrogens with zero attached hydrogens (tertiary/aromatic N) is 1. The van der Waals surface area contributed by atoms with Gasteiger partial charge in [-0.2, -0.15) is 13.2 Å². The summed E-state index contributed by atoms with van der Waals surface area (Å²) in [5.74, 6) is -2.07. The molecule has 1 aromatic rings. The number of hydrogen-bond donors (Lipinski definition) is 1. The third-order valence-electron chi connectivity index (χ3n) is 1.79. The molecular formula is C9H6F3NO5. The van der Waals surface area contributed by atoms with Crippen LogP contribution in [0.3, 0.4) is 0 Å². The van der Waals surface area contributed by atoms with Crippen molar-refractivity contribution in [3.05, 3.63) is 33.9 Å². The van der Waals surface area contributed by atoms with Gasteiger partial charge in [-0.1, -0.05) is 0 Å². The van der Waals surface area contributed by atoms with Gasteiger partial charge in [0.2, 0.25) is 0 Å². The van der Waals surface area contributed by atoms with Gasteiger partial charge in [-0.15, -0.1) is 0 Å². The molecule has 1 aromatic carbocycles. The zero-order valence-corrected chi connectivity index (χ0v) is 8.60. The van der Waals surface area contributed by atoms with Gasteiger partial charge in [-0.05, 0) is 12.1 Å². The van der Waals surface area contributed by atoms with Crippen molar-refractivity contribution in [2.24, 2.45) is 0 Å². The molecule has 0 aliphatic heterocycles. The Balaban J connectivity index is 3.05. The molecule has 0 unspecified atom stereocenters. The minimum absolute atomic E-state index is 0.416. The number of nitro groups is 1. The zero-order chi connectivity index (χ0) is 13.9. The summed E-state index contributed by atoms with van der Waals surface area (Å²) in [7, 11) is 0. The van der Waals surface area contributed by atoms with Gasteiger partial charge >= 0.3 is 17.8 Å². The first-order chi connectivity index (χ1) is 8.20. The zero-order valence-electron chi connectivity index (χ0n) is 8.60. The average Bonchev–Trinajstić information content (AvgIpc) is 2.24. The quantitative estimate of drug-likeness (QED) is 0.666. The fourth-order valence-corrected chi connectivity index (χ4v) is 1.07. The van der Waals surface area contributed by atoms with E-state index in [2.05, 4.69) is 4.74 Å². The maximum Gasteiger partial charge on any atom is 0.422 e. The Labute approximate surface area is 97.7 Å². The number of benzene rings is 1. The van der Waals surface area contributed by atoms with E-state index in [-0.39, 0.29) is 0 Å². The first-order valence-electron chi connectivity index (χ1n) is 4.42. The molecular weight excluding hydrogens is 259 g/mol. The Morgan fingerprint density at radius 1 is 1.44 bits per heavy atom. The molecule has 18 heavy (non-hydrogen) atoms. The molecule has 0 amide bonds. The first-order valence-corrected chi connectivity index (χ1v) is 4.42. The summed E-state index contributed by atoms with van der Waals surface area (Å²) in [6, 6.07) is 2.36. The lowest BCUT2D eigenvalue weighted by atomic mass is 10.2. The molecule has 1 rings (SSSR count). The smallest absolute Gasteiger partial charge is 0.422 e. The highest BCUT2D eigenvalue weighted by atomic mass is 19.4. The van der Waals surface area contributed by atoms with Gasteiger partial charge in [0.25, 0.3) is 0 Å². The van der Waals surface area contributed by atoms with Crippen molar-refractivity contribution in [1.82, 2.24) is 0 Å². The van der Waals surface area contributed by atoms with Gasteiger partial charge in [-0.25, -0.2) is 4.79 Å². The Bertz CT molecular complexity index is 486. The Hall–Kier alpha value is -2.32. The van der Waals surface area contributed by atoms with E-state index in [9.17, 15) is 28.1 Å². The number of carboxylic acids is 1. The Morgan fingerprint density at radius 2 is 2.06 bits per heavy atom. The molecule has 6 nitrogen and oxygen atoms in total. The van der Waals surface area contributed by atoms with E-state index in [0.717, 1.165) is 12.1 Å². The highest BCUT2D eigenvalue weighted by molar-refractivity contribution is 5.88. The minimum Gasteiger partial charge on any atom is -0.478 e. The molecule has 9 heteroatoms. The van der Waals surface area contributed by atoms with Crippen LogP contribution in [0.5, 0.6) is 5.75 Å². The van der Waals surface area contributed by atoms with Crippen LogP contribution < -0.4 is 4.74 Å². The van der Waals surface area contributed by atoms with Crippen molar-refractivity contribution in [2.45, 2.75) is 6.18 Å². The number of carboxylic acid groups (broad SMARTS) is 1. The van der Waals surface area contributed by atoms with Gasteiger partial charge in [-0.3, -0.25) is 10.1 Å². The third-order valence-corrected chi connectivity index (χ3v) is 1.79. The van der Waals surface area contributed by atoms with E-state index in [4.69, 9.17) is 5.11 Å². The summed E-state index contributed by atoms with van der Waals surface area (Å²) in [6.07, 6.45) is -4.64. The highest BCUT2D eigenvalue weighted by Crippen LogP contribution is 2.29. The molecule has 0 radical (unpaired) electrons. The van der Waals surface area contributed by atoms with Crippen LogP contribution in [-0.4, -0.2) is 28.8 Å². The maximum atomic E-state index is 11.9. The summed E-state index contributed by atoms with van der Waals surface area (Å²) < 4.78 is 39.9. The summed E-state index contributed by atoms with van der Waals surface area (Å²) in [4.78, 5) is 20.1. The third kappa shape index (κ3) is 3.61. The standard InChI is InChI=1S/C9H6F3NO5/c10-9(11,12)4-18-7-2-1-5(8(14)15)3-6(7)13(16)17/h1-3H,4H2,(H,14,15). The molecule has 98 valence electrons. The first kappa shape index (κ1) is 13.7. The van der Waals surface area contributed by atoms with Crippen LogP contribution >= 0.6 is 0 Å². The van der Waals surface area contributed by atoms with E-state index in [1.54, 1.807) is 0 Å². The van der Waals surface area contributed by atoms with Crippen molar-refractivity contribution < 1.29 is 32.7 Å². The van der Waals surface area contributed by atoms with Crippen LogP contribution in [0.4, 0.5) is 18.9 Å². The second-order valence-electron chi connectivity index (χ2n) is 3.15. The molecule has 0 saturated heterocycles. The van der Waals surface area contributed by atoms with E-state index in [0.29, 0.717) is 6.07 Å². The summed E-state index contributed by atoms with van der Waals surface area (Å²) in [6.45, 7) is -1.69. The van der Waals surface area contributed by atoms with Crippen LogP contribution in [0.15, 0.2) is 18.2 Å².